The molecule has 94 valence electrons. The minimum atomic E-state index is -0.586. The van der Waals surface area contributed by atoms with Gasteiger partial charge in [-0.25, -0.2) is 4.39 Å². The molecule has 18 heavy (non-hydrogen) atoms. The summed E-state index contributed by atoms with van der Waals surface area (Å²) in [7, 11) is 0. The number of pyridine rings is 1. The maximum atomic E-state index is 13.5. The van der Waals surface area contributed by atoms with Crippen LogP contribution in [0.4, 0.5) is 4.39 Å². The van der Waals surface area contributed by atoms with Crippen molar-refractivity contribution < 1.29 is 9.50 Å². The summed E-state index contributed by atoms with van der Waals surface area (Å²) in [5, 5.41) is 9.66. The van der Waals surface area contributed by atoms with Gasteiger partial charge in [-0.15, -0.1) is 0 Å². The van der Waals surface area contributed by atoms with Gasteiger partial charge in [-0.1, -0.05) is 34.8 Å². The Morgan fingerprint density at radius 1 is 1.06 bits per heavy atom. The molecule has 0 saturated carbocycles. The second-order valence-electron chi connectivity index (χ2n) is 3.56. The fraction of sp³-hybridized carbons (Fsp3) is 0.0833. The average molecular weight is 307 g/mol. The van der Waals surface area contributed by atoms with E-state index in [1.807, 2.05) is 0 Å². The molecule has 0 radical (unpaired) electrons. The minimum Gasteiger partial charge on any atom is -0.390 e. The molecule has 2 aromatic rings. The van der Waals surface area contributed by atoms with Crippen LogP contribution in [-0.4, -0.2) is 10.1 Å². The highest BCUT2D eigenvalue weighted by Crippen LogP contribution is 2.35. The Kier molecular flexibility index (Phi) is 4.07. The molecule has 0 atom stereocenters. The topological polar surface area (TPSA) is 33.1 Å². The van der Waals surface area contributed by atoms with Crippen LogP contribution in [0.15, 0.2) is 24.4 Å². The fourth-order valence-corrected chi connectivity index (χ4v) is 2.06. The van der Waals surface area contributed by atoms with E-state index in [4.69, 9.17) is 39.9 Å². The molecule has 0 spiro atoms. The summed E-state index contributed by atoms with van der Waals surface area (Å²) in [6, 6.07) is 4.41. The number of nitrogens with zero attached hydrogens (tertiary/aromatic N) is 1. The van der Waals surface area contributed by atoms with Crippen LogP contribution in [-0.2, 0) is 6.61 Å². The number of benzene rings is 1. The van der Waals surface area contributed by atoms with Crippen molar-refractivity contribution in [3.63, 3.8) is 0 Å². The molecule has 0 saturated heterocycles. The molecule has 0 bridgehead atoms. The zero-order valence-electron chi connectivity index (χ0n) is 8.92. The lowest BCUT2D eigenvalue weighted by Gasteiger charge is -2.07. The quantitative estimate of drug-likeness (QED) is 0.837. The number of halogens is 4. The molecule has 0 aliphatic carbocycles. The van der Waals surface area contributed by atoms with Crippen LogP contribution < -0.4 is 0 Å². The van der Waals surface area contributed by atoms with E-state index >= 15 is 0 Å². The van der Waals surface area contributed by atoms with Gasteiger partial charge < -0.3 is 5.11 Å². The summed E-state index contributed by atoms with van der Waals surface area (Å²) in [5.74, 6) is -0.586. The maximum absolute atomic E-state index is 13.5. The first kappa shape index (κ1) is 13.6. The molecule has 2 nitrogen and oxygen atoms in total. The number of rotatable bonds is 2. The summed E-state index contributed by atoms with van der Waals surface area (Å²) in [6.45, 7) is -0.450. The first-order chi connectivity index (χ1) is 8.52. The third-order valence-corrected chi connectivity index (χ3v) is 3.58. The van der Waals surface area contributed by atoms with Gasteiger partial charge in [0.25, 0.3) is 0 Å². The van der Waals surface area contributed by atoms with Gasteiger partial charge in [0.15, 0.2) is 0 Å². The van der Waals surface area contributed by atoms with Gasteiger partial charge in [-0.2, -0.15) is 0 Å². The van der Waals surface area contributed by atoms with E-state index in [9.17, 15) is 4.39 Å². The van der Waals surface area contributed by atoms with E-state index in [1.165, 1.54) is 12.3 Å². The molecule has 1 N–H and O–H groups in total. The van der Waals surface area contributed by atoms with Crippen LogP contribution >= 0.6 is 34.8 Å². The van der Waals surface area contributed by atoms with Gasteiger partial charge in [0.05, 0.1) is 21.7 Å². The summed E-state index contributed by atoms with van der Waals surface area (Å²) >= 11 is 17.6. The molecule has 0 fully saturated rings. The largest absolute Gasteiger partial charge is 0.390 e. The molecular formula is C12H7Cl3FNO. The third-order valence-electron chi connectivity index (χ3n) is 2.38. The van der Waals surface area contributed by atoms with E-state index in [2.05, 4.69) is 4.98 Å². The number of hydrogen-bond donors (Lipinski definition) is 1. The number of aromatic nitrogens is 1. The number of aliphatic hydroxyl groups is 1. The first-order valence-corrected chi connectivity index (χ1v) is 6.06. The van der Waals surface area contributed by atoms with Gasteiger partial charge >= 0.3 is 0 Å². The van der Waals surface area contributed by atoms with Crippen molar-refractivity contribution in [3.8, 4) is 11.1 Å². The van der Waals surface area contributed by atoms with Gasteiger partial charge in [0.2, 0.25) is 0 Å². The van der Waals surface area contributed by atoms with Gasteiger partial charge in [-0.05, 0) is 23.8 Å². The van der Waals surface area contributed by atoms with Crippen LogP contribution in [0.1, 0.15) is 5.69 Å². The monoisotopic (exact) mass is 305 g/mol. The lowest BCUT2D eigenvalue weighted by atomic mass is 10.1. The molecule has 1 aromatic heterocycles. The highest BCUT2D eigenvalue weighted by Gasteiger charge is 2.10. The predicted octanol–water partition coefficient (Wildman–Crippen LogP) is 4.34. The lowest BCUT2D eigenvalue weighted by Crippen LogP contribution is -1.95. The zero-order chi connectivity index (χ0) is 13.3. The maximum Gasteiger partial charge on any atom is 0.147 e. The van der Waals surface area contributed by atoms with Gasteiger partial charge in [0.1, 0.15) is 11.5 Å². The summed E-state index contributed by atoms with van der Waals surface area (Å²) in [5.41, 5.74) is 1.10. The minimum absolute atomic E-state index is 0.00934. The summed E-state index contributed by atoms with van der Waals surface area (Å²) in [6.07, 6.45) is 1.44. The Hall–Kier alpha value is -0.870. The van der Waals surface area contributed by atoms with E-state index in [0.29, 0.717) is 11.1 Å². The summed E-state index contributed by atoms with van der Waals surface area (Å²) < 4.78 is 13.5. The second-order valence-corrected chi connectivity index (χ2v) is 4.76. The normalized spacial score (nSPS) is 10.7. The van der Waals surface area contributed by atoms with E-state index < -0.39 is 12.4 Å². The van der Waals surface area contributed by atoms with Crippen LogP contribution in [0.5, 0.6) is 0 Å². The van der Waals surface area contributed by atoms with Crippen molar-refractivity contribution >= 4 is 34.8 Å². The SMILES string of the molecule is OCc1ncc(-c2cc(Cl)c(Cl)c(Cl)c2)cc1F. The van der Waals surface area contributed by atoms with Crippen molar-refractivity contribution in [2.45, 2.75) is 6.61 Å². The molecule has 2 rings (SSSR count). The average Bonchev–Trinajstić information content (AvgIpc) is 2.35. The number of hydrogen-bond acceptors (Lipinski definition) is 2. The molecule has 0 unspecified atom stereocenters. The molecule has 1 aromatic carbocycles. The molecular weight excluding hydrogens is 299 g/mol. The van der Waals surface area contributed by atoms with Crippen LogP contribution in [0, 0.1) is 5.82 Å². The molecule has 0 aliphatic heterocycles. The fourth-order valence-electron chi connectivity index (χ4n) is 1.46. The Labute approximate surface area is 118 Å². The van der Waals surface area contributed by atoms with Crippen molar-refractivity contribution in [3.05, 3.63) is 51.0 Å². The van der Waals surface area contributed by atoms with E-state index in [-0.39, 0.29) is 20.8 Å². The highest BCUT2D eigenvalue weighted by molar-refractivity contribution is 6.48. The van der Waals surface area contributed by atoms with Crippen molar-refractivity contribution in [1.29, 1.82) is 0 Å². The van der Waals surface area contributed by atoms with Crippen molar-refractivity contribution in [1.82, 2.24) is 4.98 Å². The Bertz CT molecular complexity index is 581. The highest BCUT2D eigenvalue weighted by atomic mass is 35.5. The van der Waals surface area contributed by atoms with Crippen molar-refractivity contribution in [2.75, 3.05) is 0 Å². The second kappa shape index (κ2) is 5.41. The first-order valence-electron chi connectivity index (χ1n) is 4.93. The van der Waals surface area contributed by atoms with E-state index in [1.54, 1.807) is 12.1 Å². The summed E-state index contributed by atoms with van der Waals surface area (Å²) in [4.78, 5) is 3.81. The Morgan fingerprint density at radius 2 is 1.67 bits per heavy atom. The zero-order valence-corrected chi connectivity index (χ0v) is 11.2. The number of aliphatic hydroxyl groups excluding tert-OH is 1. The molecule has 0 aliphatic rings. The van der Waals surface area contributed by atoms with Crippen molar-refractivity contribution in [2.24, 2.45) is 0 Å². The Morgan fingerprint density at radius 3 is 2.17 bits per heavy atom. The molecule has 0 amide bonds. The standard InChI is InChI=1S/C12H7Cl3FNO/c13-8-1-6(2-9(14)12(8)15)7-3-10(16)11(5-18)17-4-7/h1-4,18H,5H2. The Balaban J connectivity index is 2.52. The molecule has 1 heterocycles. The predicted molar refractivity (Wildman–Crippen MR) is 70.6 cm³/mol. The van der Waals surface area contributed by atoms with Crippen LogP contribution in [0.2, 0.25) is 15.1 Å². The van der Waals surface area contributed by atoms with Crippen LogP contribution in [0.25, 0.3) is 11.1 Å². The van der Waals surface area contributed by atoms with Crippen LogP contribution in [0.3, 0.4) is 0 Å². The lowest BCUT2D eigenvalue weighted by molar-refractivity contribution is 0.270. The third kappa shape index (κ3) is 2.59. The van der Waals surface area contributed by atoms with Gasteiger partial charge in [-0.3, -0.25) is 4.98 Å². The van der Waals surface area contributed by atoms with E-state index in [0.717, 1.165) is 0 Å². The smallest absolute Gasteiger partial charge is 0.147 e. The molecule has 6 heteroatoms. The van der Waals surface area contributed by atoms with Gasteiger partial charge in [0, 0.05) is 11.8 Å².